The third kappa shape index (κ3) is 2.23. The van der Waals surface area contributed by atoms with E-state index in [0.717, 1.165) is 5.82 Å². The topological polar surface area (TPSA) is 37.8 Å². The zero-order valence-corrected chi connectivity index (χ0v) is 9.79. The van der Waals surface area contributed by atoms with Gasteiger partial charge in [-0.3, -0.25) is 4.98 Å². The predicted octanol–water partition coefficient (Wildman–Crippen LogP) is 3.43. The summed E-state index contributed by atoms with van der Waals surface area (Å²) in [7, 11) is 0. The second kappa shape index (κ2) is 4.25. The van der Waals surface area contributed by atoms with Crippen LogP contribution in [-0.2, 0) is 0 Å². The fraction of sp³-hybridized carbons (Fsp3) is 0.250. The van der Waals surface area contributed by atoms with Crippen LogP contribution in [0.2, 0.25) is 4.47 Å². The maximum Gasteiger partial charge on any atom is 0.185 e. The Bertz CT molecular complexity index is 398. The summed E-state index contributed by atoms with van der Waals surface area (Å²) in [6.45, 7) is 2.07. The second-order valence-corrected chi connectivity index (χ2v) is 5.11. The molecule has 1 atom stereocenters. The summed E-state index contributed by atoms with van der Waals surface area (Å²) in [6, 6.07) is 0.223. The smallest absolute Gasteiger partial charge is 0.185 e. The van der Waals surface area contributed by atoms with Gasteiger partial charge in [-0.05, 0) is 6.92 Å². The molecular formula is C8H8ClN3S2. The Morgan fingerprint density at radius 3 is 2.93 bits per heavy atom. The fourth-order valence-corrected chi connectivity index (χ4v) is 2.38. The molecule has 2 aromatic rings. The average molecular weight is 246 g/mol. The molecule has 2 heterocycles. The summed E-state index contributed by atoms with van der Waals surface area (Å²) in [6.07, 6.45) is 1.86. The van der Waals surface area contributed by atoms with E-state index in [0.29, 0.717) is 4.47 Å². The molecule has 0 aliphatic heterocycles. The number of rotatable bonds is 3. The zero-order valence-electron chi connectivity index (χ0n) is 7.40. The Morgan fingerprint density at radius 1 is 1.50 bits per heavy atom. The molecule has 2 aromatic heterocycles. The molecule has 3 nitrogen and oxygen atoms in total. The molecule has 0 fully saturated rings. The number of anilines is 1. The molecule has 74 valence electrons. The first-order chi connectivity index (χ1) is 6.75. The molecule has 0 bridgehead atoms. The molecular weight excluding hydrogens is 238 g/mol. The number of thiazole rings is 2. The van der Waals surface area contributed by atoms with E-state index in [1.807, 2.05) is 17.1 Å². The number of nitrogens with zero attached hydrogens (tertiary/aromatic N) is 2. The first-order valence-corrected chi connectivity index (χ1v) is 6.15. The Morgan fingerprint density at radius 2 is 2.36 bits per heavy atom. The van der Waals surface area contributed by atoms with Crippen LogP contribution < -0.4 is 5.32 Å². The molecule has 0 radical (unpaired) electrons. The monoisotopic (exact) mass is 245 g/mol. The van der Waals surface area contributed by atoms with E-state index in [2.05, 4.69) is 22.2 Å². The molecule has 0 spiro atoms. The van der Waals surface area contributed by atoms with Gasteiger partial charge in [0.15, 0.2) is 4.47 Å². The molecule has 0 aliphatic rings. The lowest BCUT2D eigenvalue weighted by Crippen LogP contribution is -2.04. The summed E-state index contributed by atoms with van der Waals surface area (Å²) >= 11 is 8.78. The van der Waals surface area contributed by atoms with E-state index < -0.39 is 0 Å². The van der Waals surface area contributed by atoms with Crippen LogP contribution in [-0.4, -0.2) is 9.97 Å². The van der Waals surface area contributed by atoms with Crippen molar-refractivity contribution in [1.29, 1.82) is 0 Å². The van der Waals surface area contributed by atoms with Gasteiger partial charge < -0.3 is 5.32 Å². The lowest BCUT2D eigenvalue weighted by atomic mass is 10.3. The highest BCUT2D eigenvalue weighted by Gasteiger charge is 2.08. The van der Waals surface area contributed by atoms with Gasteiger partial charge in [0.1, 0.15) is 5.82 Å². The normalized spacial score (nSPS) is 12.7. The molecule has 14 heavy (non-hydrogen) atoms. The summed E-state index contributed by atoms with van der Waals surface area (Å²) in [5.74, 6) is 0.820. The van der Waals surface area contributed by atoms with Crippen LogP contribution in [0.5, 0.6) is 0 Å². The van der Waals surface area contributed by atoms with Gasteiger partial charge in [0.2, 0.25) is 0 Å². The van der Waals surface area contributed by atoms with Crippen molar-refractivity contribution in [2.24, 2.45) is 0 Å². The minimum Gasteiger partial charge on any atom is -0.362 e. The van der Waals surface area contributed by atoms with Gasteiger partial charge in [-0.25, -0.2) is 4.98 Å². The maximum atomic E-state index is 5.73. The summed E-state index contributed by atoms with van der Waals surface area (Å²) in [5.41, 5.74) is 1.82. The molecule has 2 rings (SSSR count). The maximum absolute atomic E-state index is 5.73. The quantitative estimate of drug-likeness (QED) is 0.900. The third-order valence-electron chi connectivity index (χ3n) is 1.72. The van der Waals surface area contributed by atoms with Crippen molar-refractivity contribution in [2.45, 2.75) is 13.0 Å². The Labute approximate surface area is 94.8 Å². The van der Waals surface area contributed by atoms with Gasteiger partial charge in [-0.1, -0.05) is 11.6 Å². The number of hydrogen-bond donors (Lipinski definition) is 1. The van der Waals surface area contributed by atoms with Crippen molar-refractivity contribution in [3.63, 3.8) is 0 Å². The predicted molar refractivity (Wildman–Crippen MR) is 61.3 cm³/mol. The van der Waals surface area contributed by atoms with Gasteiger partial charge in [0.25, 0.3) is 0 Å². The van der Waals surface area contributed by atoms with E-state index in [9.17, 15) is 0 Å². The highest BCUT2D eigenvalue weighted by Crippen LogP contribution is 2.24. The van der Waals surface area contributed by atoms with Crippen LogP contribution in [0.15, 0.2) is 17.1 Å². The number of aromatic nitrogens is 2. The summed E-state index contributed by atoms with van der Waals surface area (Å²) in [4.78, 5) is 9.33. The molecule has 6 heteroatoms. The van der Waals surface area contributed by atoms with Crippen LogP contribution in [0.4, 0.5) is 5.82 Å². The van der Waals surface area contributed by atoms with Crippen molar-refractivity contribution in [2.75, 3.05) is 5.32 Å². The van der Waals surface area contributed by atoms with E-state index in [4.69, 9.17) is 11.6 Å². The largest absolute Gasteiger partial charge is 0.362 e. The number of hydrogen-bond acceptors (Lipinski definition) is 5. The average Bonchev–Trinajstić information content (AvgIpc) is 2.75. The van der Waals surface area contributed by atoms with Crippen molar-refractivity contribution in [1.82, 2.24) is 9.97 Å². The minimum absolute atomic E-state index is 0.223. The van der Waals surface area contributed by atoms with Crippen LogP contribution >= 0.6 is 34.3 Å². The van der Waals surface area contributed by atoms with Gasteiger partial charge >= 0.3 is 0 Å². The lowest BCUT2D eigenvalue weighted by molar-refractivity contribution is 0.895. The molecule has 0 aliphatic carbocycles. The SMILES string of the molecule is C[C@H](Nc1csc(Cl)n1)c1cncs1. The van der Waals surface area contributed by atoms with Gasteiger partial charge in [0, 0.05) is 16.5 Å². The van der Waals surface area contributed by atoms with E-state index in [1.165, 1.54) is 16.2 Å². The van der Waals surface area contributed by atoms with Crippen LogP contribution in [0.1, 0.15) is 17.8 Å². The van der Waals surface area contributed by atoms with Gasteiger partial charge in [0.05, 0.1) is 11.6 Å². The van der Waals surface area contributed by atoms with Crippen LogP contribution in [0.25, 0.3) is 0 Å². The van der Waals surface area contributed by atoms with Crippen molar-refractivity contribution in [3.8, 4) is 0 Å². The Hall–Kier alpha value is -0.650. The molecule has 0 unspecified atom stereocenters. The fourth-order valence-electron chi connectivity index (χ4n) is 1.05. The summed E-state index contributed by atoms with van der Waals surface area (Å²) < 4.78 is 0.559. The standard InChI is InChI=1S/C8H8ClN3S2/c1-5(6-2-10-4-14-6)11-7-3-13-8(9)12-7/h2-5,11H,1H3/t5-/m0/s1. The lowest BCUT2D eigenvalue weighted by Gasteiger charge is -2.09. The van der Waals surface area contributed by atoms with Gasteiger partial charge in [-0.15, -0.1) is 22.7 Å². The molecule has 0 saturated heterocycles. The highest BCUT2D eigenvalue weighted by molar-refractivity contribution is 7.14. The van der Waals surface area contributed by atoms with Crippen LogP contribution in [0.3, 0.4) is 0 Å². The van der Waals surface area contributed by atoms with E-state index in [1.54, 1.807) is 11.3 Å². The Balaban J connectivity index is 2.05. The van der Waals surface area contributed by atoms with E-state index >= 15 is 0 Å². The van der Waals surface area contributed by atoms with Crippen molar-refractivity contribution in [3.05, 3.63) is 26.4 Å². The Kier molecular flexibility index (Phi) is 3.00. The minimum atomic E-state index is 0.223. The molecule has 0 amide bonds. The third-order valence-corrected chi connectivity index (χ3v) is 3.66. The van der Waals surface area contributed by atoms with Crippen LogP contribution in [0, 0.1) is 0 Å². The molecule has 1 N–H and O–H groups in total. The first kappa shape index (κ1) is 9.89. The van der Waals surface area contributed by atoms with Gasteiger partial charge in [-0.2, -0.15) is 0 Å². The zero-order chi connectivity index (χ0) is 9.97. The number of halogens is 1. The van der Waals surface area contributed by atoms with Crippen molar-refractivity contribution >= 4 is 40.1 Å². The second-order valence-electron chi connectivity index (χ2n) is 2.76. The molecule has 0 saturated carbocycles. The summed E-state index contributed by atoms with van der Waals surface area (Å²) in [5, 5.41) is 5.15. The highest BCUT2D eigenvalue weighted by atomic mass is 35.5. The van der Waals surface area contributed by atoms with Crippen molar-refractivity contribution < 1.29 is 0 Å². The van der Waals surface area contributed by atoms with E-state index in [-0.39, 0.29) is 6.04 Å². The number of nitrogens with one attached hydrogen (secondary N) is 1. The molecule has 0 aromatic carbocycles. The first-order valence-electron chi connectivity index (χ1n) is 4.01.